The summed E-state index contributed by atoms with van der Waals surface area (Å²) >= 11 is 0. The molecule has 0 heterocycles. The van der Waals surface area contributed by atoms with Crippen molar-refractivity contribution in [2.24, 2.45) is 5.73 Å². The van der Waals surface area contributed by atoms with E-state index in [9.17, 15) is 8.42 Å². The Morgan fingerprint density at radius 1 is 1.36 bits per heavy atom. The lowest BCUT2D eigenvalue weighted by Gasteiger charge is -2.06. The zero-order chi connectivity index (χ0) is 11.0. The molecule has 0 saturated carbocycles. The minimum atomic E-state index is -2.92. The van der Waals surface area contributed by atoms with Gasteiger partial charge in [-0.1, -0.05) is 0 Å². The fraction of sp³-hybridized carbons (Fsp3) is 1.00. The summed E-state index contributed by atoms with van der Waals surface area (Å²) in [6.45, 7) is 4.87. The second-order valence-electron chi connectivity index (χ2n) is 3.47. The fourth-order valence-corrected chi connectivity index (χ4v) is 2.49. The minimum Gasteiger partial charge on any atom is -0.382 e. The van der Waals surface area contributed by atoms with Crippen molar-refractivity contribution in [3.8, 4) is 0 Å². The number of rotatable bonds is 8. The fourth-order valence-electron chi connectivity index (χ4n) is 0.993. The summed E-state index contributed by atoms with van der Waals surface area (Å²) in [4.78, 5) is 0. The highest BCUT2D eigenvalue weighted by atomic mass is 32.2. The van der Waals surface area contributed by atoms with Gasteiger partial charge in [0.25, 0.3) is 0 Å². The molecule has 0 aromatic carbocycles. The lowest BCUT2D eigenvalue weighted by molar-refractivity contribution is 0.148. The molecule has 0 aromatic rings. The van der Waals surface area contributed by atoms with Crippen molar-refractivity contribution in [1.29, 1.82) is 0 Å². The summed E-state index contributed by atoms with van der Waals surface area (Å²) in [5, 5.41) is 0. The monoisotopic (exact) mass is 223 g/mol. The third-order valence-corrected chi connectivity index (χ3v) is 3.60. The highest BCUT2D eigenvalue weighted by molar-refractivity contribution is 7.91. The average molecular weight is 223 g/mol. The molecule has 2 N–H and O–H groups in total. The van der Waals surface area contributed by atoms with Crippen molar-refractivity contribution in [2.75, 3.05) is 24.7 Å². The molecule has 0 aliphatic rings. The smallest absolute Gasteiger partial charge is 0.150 e. The lowest BCUT2D eigenvalue weighted by Crippen LogP contribution is -2.21. The van der Waals surface area contributed by atoms with Crippen LogP contribution in [0, 0.1) is 0 Å². The predicted molar refractivity (Wildman–Crippen MR) is 58.0 cm³/mol. The Morgan fingerprint density at radius 3 is 2.50 bits per heavy atom. The topological polar surface area (TPSA) is 69.4 Å². The normalized spacial score (nSPS) is 14.2. The predicted octanol–water partition coefficient (Wildman–Crippen LogP) is 0.565. The van der Waals surface area contributed by atoms with E-state index < -0.39 is 9.84 Å². The Kier molecular flexibility index (Phi) is 7.13. The summed E-state index contributed by atoms with van der Waals surface area (Å²) in [6, 6.07) is -0.0448. The second kappa shape index (κ2) is 7.20. The molecule has 5 heteroatoms. The van der Waals surface area contributed by atoms with Crippen LogP contribution >= 0.6 is 0 Å². The van der Waals surface area contributed by atoms with E-state index in [0.717, 1.165) is 0 Å². The standard InChI is InChI=1S/C9H21NO3S/c1-3-13-6-4-7-14(11,12)8-5-9(2)10/h9H,3-8,10H2,1-2H3. The van der Waals surface area contributed by atoms with Crippen LogP contribution in [0.25, 0.3) is 0 Å². The van der Waals surface area contributed by atoms with E-state index in [1.54, 1.807) is 0 Å². The molecule has 0 aromatic heterocycles. The van der Waals surface area contributed by atoms with Crippen molar-refractivity contribution in [1.82, 2.24) is 0 Å². The summed E-state index contributed by atoms with van der Waals surface area (Å²) in [7, 11) is -2.92. The molecule has 0 rings (SSSR count). The van der Waals surface area contributed by atoms with E-state index >= 15 is 0 Å². The Hall–Kier alpha value is -0.130. The molecule has 4 nitrogen and oxygen atoms in total. The summed E-state index contributed by atoms with van der Waals surface area (Å²) < 4.78 is 27.8. The zero-order valence-electron chi connectivity index (χ0n) is 9.03. The van der Waals surface area contributed by atoms with Gasteiger partial charge in [0, 0.05) is 19.3 Å². The van der Waals surface area contributed by atoms with Crippen LogP contribution < -0.4 is 5.73 Å². The van der Waals surface area contributed by atoms with Crippen LogP contribution in [0.3, 0.4) is 0 Å². The van der Waals surface area contributed by atoms with Gasteiger partial charge >= 0.3 is 0 Å². The van der Waals surface area contributed by atoms with Crippen molar-refractivity contribution in [3.63, 3.8) is 0 Å². The van der Waals surface area contributed by atoms with Crippen LogP contribution in [0.1, 0.15) is 26.7 Å². The quantitative estimate of drug-likeness (QED) is 0.611. The van der Waals surface area contributed by atoms with E-state index in [1.165, 1.54) is 0 Å². The number of nitrogens with two attached hydrogens (primary N) is 1. The van der Waals surface area contributed by atoms with Crippen molar-refractivity contribution in [2.45, 2.75) is 32.7 Å². The molecule has 0 aliphatic carbocycles. The van der Waals surface area contributed by atoms with Gasteiger partial charge in [-0.3, -0.25) is 0 Å². The van der Waals surface area contributed by atoms with Crippen molar-refractivity contribution < 1.29 is 13.2 Å². The molecule has 86 valence electrons. The molecule has 0 aliphatic heterocycles. The molecular formula is C9H21NO3S. The first-order chi connectivity index (χ1) is 6.48. The van der Waals surface area contributed by atoms with Crippen LogP contribution in [0.5, 0.6) is 0 Å². The van der Waals surface area contributed by atoms with Crippen molar-refractivity contribution in [3.05, 3.63) is 0 Å². The highest BCUT2D eigenvalue weighted by Gasteiger charge is 2.11. The van der Waals surface area contributed by atoms with Crippen LogP contribution in [0.15, 0.2) is 0 Å². The van der Waals surface area contributed by atoms with Crippen LogP contribution in [0.2, 0.25) is 0 Å². The first-order valence-corrected chi connectivity index (χ1v) is 6.84. The first kappa shape index (κ1) is 13.9. The third-order valence-electron chi connectivity index (χ3n) is 1.83. The van der Waals surface area contributed by atoms with Crippen molar-refractivity contribution >= 4 is 9.84 Å². The molecule has 0 fully saturated rings. The largest absolute Gasteiger partial charge is 0.382 e. The molecule has 14 heavy (non-hydrogen) atoms. The van der Waals surface area contributed by atoms with Gasteiger partial charge in [-0.2, -0.15) is 0 Å². The number of hydrogen-bond acceptors (Lipinski definition) is 4. The van der Waals surface area contributed by atoms with Crippen LogP contribution in [-0.4, -0.2) is 39.2 Å². The number of ether oxygens (including phenoxy) is 1. The zero-order valence-corrected chi connectivity index (χ0v) is 9.85. The summed E-state index contributed by atoms with van der Waals surface area (Å²) in [6.07, 6.45) is 1.12. The van der Waals surface area contributed by atoms with Crippen LogP contribution in [-0.2, 0) is 14.6 Å². The first-order valence-electron chi connectivity index (χ1n) is 5.01. The third kappa shape index (κ3) is 8.47. The van der Waals surface area contributed by atoms with Gasteiger partial charge in [0.1, 0.15) is 9.84 Å². The maximum Gasteiger partial charge on any atom is 0.150 e. The Labute approximate surface area is 86.7 Å². The van der Waals surface area contributed by atoms with E-state index in [1.807, 2.05) is 13.8 Å². The van der Waals surface area contributed by atoms with E-state index in [2.05, 4.69) is 0 Å². The lowest BCUT2D eigenvalue weighted by atomic mass is 10.3. The van der Waals surface area contributed by atoms with Gasteiger partial charge in [-0.15, -0.1) is 0 Å². The molecule has 0 amide bonds. The van der Waals surface area contributed by atoms with Gasteiger partial charge in [-0.25, -0.2) is 8.42 Å². The van der Waals surface area contributed by atoms with E-state index in [0.29, 0.717) is 26.1 Å². The molecule has 0 radical (unpaired) electrons. The minimum absolute atomic E-state index is 0.0448. The Bertz CT molecular complexity index is 224. The van der Waals surface area contributed by atoms with Gasteiger partial charge in [0.05, 0.1) is 11.5 Å². The highest BCUT2D eigenvalue weighted by Crippen LogP contribution is 1.99. The second-order valence-corrected chi connectivity index (χ2v) is 5.77. The number of hydrogen-bond donors (Lipinski definition) is 1. The Morgan fingerprint density at radius 2 is 2.00 bits per heavy atom. The molecule has 0 bridgehead atoms. The number of sulfone groups is 1. The van der Waals surface area contributed by atoms with E-state index in [-0.39, 0.29) is 17.5 Å². The maximum atomic E-state index is 11.4. The molecular weight excluding hydrogens is 202 g/mol. The van der Waals surface area contributed by atoms with Gasteiger partial charge in [0.15, 0.2) is 0 Å². The van der Waals surface area contributed by atoms with E-state index in [4.69, 9.17) is 10.5 Å². The average Bonchev–Trinajstić information content (AvgIpc) is 2.10. The summed E-state index contributed by atoms with van der Waals surface area (Å²) in [5.41, 5.74) is 5.49. The summed E-state index contributed by atoms with van der Waals surface area (Å²) in [5.74, 6) is 0.399. The molecule has 0 saturated heterocycles. The van der Waals surface area contributed by atoms with Gasteiger partial charge in [0.2, 0.25) is 0 Å². The van der Waals surface area contributed by atoms with Crippen LogP contribution in [0.4, 0.5) is 0 Å². The van der Waals surface area contributed by atoms with Gasteiger partial charge in [-0.05, 0) is 26.7 Å². The molecule has 0 spiro atoms. The maximum absolute atomic E-state index is 11.4. The molecule has 1 atom stereocenters. The molecule has 1 unspecified atom stereocenters. The Balaban J connectivity index is 3.62. The SMILES string of the molecule is CCOCCCS(=O)(=O)CCC(C)N. The van der Waals surface area contributed by atoms with Gasteiger partial charge < -0.3 is 10.5 Å².